The lowest BCUT2D eigenvalue weighted by Crippen LogP contribution is -2.64. The third-order valence-corrected chi connectivity index (χ3v) is 5.44. The van der Waals surface area contributed by atoms with Gasteiger partial charge in [0.25, 0.3) is 0 Å². The Balaban J connectivity index is 2.02. The summed E-state index contributed by atoms with van der Waals surface area (Å²) in [6.07, 6.45) is -5.45. The van der Waals surface area contributed by atoms with Crippen LogP contribution in [0.3, 0.4) is 0 Å². The van der Waals surface area contributed by atoms with E-state index in [0.29, 0.717) is 28.9 Å². The fourth-order valence-corrected chi connectivity index (χ4v) is 3.70. The van der Waals surface area contributed by atoms with Crippen LogP contribution in [0.4, 0.5) is 0 Å². The first kappa shape index (κ1) is 22.2. The molecule has 0 spiro atoms. The van der Waals surface area contributed by atoms with E-state index < -0.39 is 36.8 Å². The van der Waals surface area contributed by atoms with Crippen molar-refractivity contribution in [1.82, 2.24) is 0 Å². The SMILES string of the molecule is COc1ccc(Cc2cc([C@]3(OC)O[C@H](CO)[C@@H](O)[C@H](O)[C@H]3O)ccc2C#N)cc1. The van der Waals surface area contributed by atoms with E-state index in [1.54, 1.807) is 25.3 Å². The summed E-state index contributed by atoms with van der Waals surface area (Å²) in [5.74, 6) is -1.11. The molecular weight excluding hydrogens is 390 g/mol. The highest BCUT2D eigenvalue weighted by molar-refractivity contribution is 5.45. The van der Waals surface area contributed by atoms with E-state index >= 15 is 0 Å². The summed E-state index contributed by atoms with van der Waals surface area (Å²) in [5.41, 5.74) is 2.38. The van der Waals surface area contributed by atoms with Crippen LogP contribution in [0.25, 0.3) is 0 Å². The number of aliphatic hydroxyl groups is 4. The van der Waals surface area contributed by atoms with Gasteiger partial charge in [-0.3, -0.25) is 0 Å². The maximum atomic E-state index is 10.7. The van der Waals surface area contributed by atoms with Gasteiger partial charge in [0.2, 0.25) is 5.79 Å². The maximum absolute atomic E-state index is 10.7. The fourth-order valence-electron chi connectivity index (χ4n) is 3.70. The number of hydrogen-bond donors (Lipinski definition) is 4. The molecule has 0 aromatic heterocycles. The van der Waals surface area contributed by atoms with E-state index in [4.69, 9.17) is 14.2 Å². The Hall–Kier alpha value is -2.51. The van der Waals surface area contributed by atoms with Gasteiger partial charge in [-0.2, -0.15) is 5.26 Å². The molecule has 0 radical (unpaired) electrons. The van der Waals surface area contributed by atoms with Crippen molar-refractivity contribution in [2.45, 2.75) is 36.6 Å². The number of nitriles is 1. The second kappa shape index (κ2) is 9.10. The lowest BCUT2D eigenvalue weighted by molar-refractivity contribution is -0.366. The van der Waals surface area contributed by atoms with Crippen LogP contribution in [0.5, 0.6) is 5.75 Å². The highest BCUT2D eigenvalue weighted by Gasteiger charge is 2.55. The Morgan fingerprint density at radius 3 is 2.33 bits per heavy atom. The van der Waals surface area contributed by atoms with Crippen LogP contribution in [0, 0.1) is 11.3 Å². The number of methoxy groups -OCH3 is 2. The second-order valence-corrected chi connectivity index (χ2v) is 7.15. The Bertz CT molecular complexity index is 909. The number of nitrogens with zero attached hydrogens (tertiary/aromatic N) is 1. The molecule has 1 aliphatic heterocycles. The van der Waals surface area contributed by atoms with Gasteiger partial charge in [0.05, 0.1) is 25.3 Å². The average Bonchev–Trinajstić information content (AvgIpc) is 2.78. The van der Waals surface area contributed by atoms with E-state index in [1.165, 1.54) is 7.11 Å². The summed E-state index contributed by atoms with van der Waals surface area (Å²) >= 11 is 0. The normalized spacial score (nSPS) is 28.7. The summed E-state index contributed by atoms with van der Waals surface area (Å²) in [4.78, 5) is 0. The molecule has 2 aromatic carbocycles. The Morgan fingerprint density at radius 2 is 1.77 bits per heavy atom. The first-order valence-corrected chi connectivity index (χ1v) is 9.44. The highest BCUT2D eigenvalue weighted by Crippen LogP contribution is 2.40. The molecule has 1 fully saturated rings. The largest absolute Gasteiger partial charge is 0.497 e. The molecule has 4 N–H and O–H groups in total. The highest BCUT2D eigenvalue weighted by atomic mass is 16.7. The first-order valence-electron chi connectivity index (χ1n) is 9.44. The van der Waals surface area contributed by atoms with Crippen LogP contribution >= 0.6 is 0 Å². The number of rotatable bonds is 6. The van der Waals surface area contributed by atoms with Crippen molar-refractivity contribution in [3.63, 3.8) is 0 Å². The van der Waals surface area contributed by atoms with Crippen molar-refractivity contribution in [3.8, 4) is 11.8 Å². The van der Waals surface area contributed by atoms with Crippen LogP contribution in [0.15, 0.2) is 42.5 Å². The van der Waals surface area contributed by atoms with Crippen molar-refractivity contribution in [1.29, 1.82) is 5.26 Å². The van der Waals surface area contributed by atoms with Gasteiger partial charge in [-0.1, -0.05) is 18.2 Å². The topological polar surface area (TPSA) is 132 Å². The lowest BCUT2D eigenvalue weighted by atomic mass is 9.86. The van der Waals surface area contributed by atoms with Crippen LogP contribution in [-0.4, -0.2) is 65.7 Å². The summed E-state index contributed by atoms with van der Waals surface area (Å²) < 4.78 is 16.4. The van der Waals surface area contributed by atoms with Crippen molar-refractivity contribution >= 4 is 0 Å². The molecule has 1 saturated heterocycles. The van der Waals surface area contributed by atoms with Gasteiger partial charge in [-0.05, 0) is 41.8 Å². The molecule has 1 heterocycles. The summed E-state index contributed by atoms with van der Waals surface area (Å²) in [7, 11) is 2.88. The van der Waals surface area contributed by atoms with Crippen molar-refractivity contribution in [2.24, 2.45) is 0 Å². The molecule has 0 bridgehead atoms. The Kier molecular flexibility index (Phi) is 6.73. The molecule has 8 nitrogen and oxygen atoms in total. The smallest absolute Gasteiger partial charge is 0.224 e. The van der Waals surface area contributed by atoms with Gasteiger partial charge >= 0.3 is 0 Å². The maximum Gasteiger partial charge on any atom is 0.224 e. The van der Waals surface area contributed by atoms with Gasteiger partial charge in [-0.25, -0.2) is 0 Å². The fraction of sp³-hybridized carbons (Fsp3) is 0.409. The number of aliphatic hydroxyl groups excluding tert-OH is 4. The summed E-state index contributed by atoms with van der Waals surface area (Å²) in [6, 6.07) is 14.3. The third-order valence-electron chi connectivity index (χ3n) is 5.44. The minimum Gasteiger partial charge on any atom is -0.497 e. The predicted molar refractivity (Wildman–Crippen MR) is 106 cm³/mol. The van der Waals surface area contributed by atoms with Crippen LogP contribution in [0.2, 0.25) is 0 Å². The molecule has 0 aliphatic carbocycles. The lowest BCUT2D eigenvalue weighted by Gasteiger charge is -2.47. The molecule has 160 valence electrons. The van der Waals surface area contributed by atoms with Crippen LogP contribution in [0.1, 0.15) is 22.3 Å². The van der Waals surface area contributed by atoms with E-state index in [1.807, 2.05) is 24.3 Å². The zero-order valence-corrected chi connectivity index (χ0v) is 16.7. The standard InChI is InChI=1S/C22H25NO7/c1-28-17-7-3-13(4-8-17)9-15-10-16(6-5-14(15)11-23)22(29-2)21(27)20(26)19(25)18(12-24)30-22/h3-8,10,18-21,24-27H,9,12H2,1-2H3/t18-,19-,20+,21-,22+/m1/s1. The minimum absolute atomic E-state index is 0.351. The summed E-state index contributed by atoms with van der Waals surface area (Å²) in [6.45, 7) is -0.578. The molecule has 1 aliphatic rings. The molecule has 8 heteroatoms. The third kappa shape index (κ3) is 3.91. The average molecular weight is 415 g/mol. The monoisotopic (exact) mass is 415 g/mol. The molecular formula is C22H25NO7. The second-order valence-electron chi connectivity index (χ2n) is 7.15. The van der Waals surface area contributed by atoms with Crippen molar-refractivity contribution in [3.05, 3.63) is 64.7 Å². The number of ether oxygens (including phenoxy) is 3. The quantitative estimate of drug-likeness (QED) is 0.534. The molecule has 30 heavy (non-hydrogen) atoms. The summed E-state index contributed by atoms with van der Waals surface area (Å²) in [5, 5.41) is 50.1. The van der Waals surface area contributed by atoms with Gasteiger partial charge in [0.15, 0.2) is 0 Å². The Labute approximate surface area is 174 Å². The van der Waals surface area contributed by atoms with Gasteiger partial charge < -0.3 is 34.6 Å². The van der Waals surface area contributed by atoms with Gasteiger partial charge in [-0.15, -0.1) is 0 Å². The van der Waals surface area contributed by atoms with E-state index in [2.05, 4.69) is 6.07 Å². The van der Waals surface area contributed by atoms with Crippen LogP contribution in [-0.2, 0) is 21.7 Å². The molecule has 0 saturated carbocycles. The molecule has 5 atom stereocenters. The van der Waals surface area contributed by atoms with E-state index in [0.717, 1.165) is 5.56 Å². The van der Waals surface area contributed by atoms with Gasteiger partial charge in [0.1, 0.15) is 30.2 Å². The zero-order chi connectivity index (χ0) is 21.9. The van der Waals surface area contributed by atoms with E-state index in [-0.39, 0.29) is 0 Å². The van der Waals surface area contributed by atoms with E-state index in [9.17, 15) is 25.7 Å². The molecule has 0 amide bonds. The molecule has 0 unspecified atom stereocenters. The van der Waals surface area contributed by atoms with Gasteiger partial charge in [0, 0.05) is 12.7 Å². The van der Waals surface area contributed by atoms with Crippen molar-refractivity contribution in [2.75, 3.05) is 20.8 Å². The predicted octanol–water partition coefficient (Wildman–Crippen LogP) is 0.431. The zero-order valence-electron chi connectivity index (χ0n) is 16.7. The number of hydrogen-bond acceptors (Lipinski definition) is 8. The van der Waals surface area contributed by atoms with Crippen LogP contribution < -0.4 is 4.74 Å². The Morgan fingerprint density at radius 1 is 1.07 bits per heavy atom. The number of benzene rings is 2. The first-order chi connectivity index (χ1) is 14.4. The minimum atomic E-state index is -1.82. The molecule has 3 rings (SSSR count). The molecule has 2 aromatic rings. The van der Waals surface area contributed by atoms with Crippen molar-refractivity contribution < 1.29 is 34.6 Å².